The zero-order valence-corrected chi connectivity index (χ0v) is 19.2. The number of aryl methyl sites for hydroxylation is 1. The zero-order valence-electron chi connectivity index (χ0n) is 19.2. The van der Waals surface area contributed by atoms with E-state index in [4.69, 9.17) is 9.72 Å². The molecule has 0 radical (unpaired) electrons. The maximum atomic E-state index is 13.9. The van der Waals surface area contributed by atoms with Gasteiger partial charge in [-0.1, -0.05) is 42.5 Å². The Balaban J connectivity index is 1.63. The molecule has 0 spiro atoms. The highest BCUT2D eigenvalue weighted by Crippen LogP contribution is 2.35. The first-order valence-corrected chi connectivity index (χ1v) is 11.2. The van der Waals surface area contributed by atoms with E-state index in [0.29, 0.717) is 22.8 Å². The third kappa shape index (κ3) is 3.45. The summed E-state index contributed by atoms with van der Waals surface area (Å²) >= 11 is 0. The molecule has 7 nitrogen and oxygen atoms in total. The Morgan fingerprint density at radius 2 is 1.69 bits per heavy atom. The van der Waals surface area contributed by atoms with Crippen LogP contribution in [0.1, 0.15) is 5.69 Å². The molecule has 0 unspecified atom stereocenters. The van der Waals surface area contributed by atoms with Crippen molar-refractivity contribution in [3.05, 3.63) is 101 Å². The van der Waals surface area contributed by atoms with Gasteiger partial charge in [-0.2, -0.15) is 4.52 Å². The molecule has 170 valence electrons. The van der Waals surface area contributed by atoms with Crippen molar-refractivity contribution < 1.29 is 4.74 Å². The Morgan fingerprint density at radius 3 is 2.46 bits per heavy atom. The van der Waals surface area contributed by atoms with Crippen LogP contribution in [-0.2, 0) is 0 Å². The van der Waals surface area contributed by atoms with E-state index in [0.717, 1.165) is 38.9 Å². The van der Waals surface area contributed by atoms with Crippen LogP contribution in [0.5, 0.6) is 5.88 Å². The largest absolute Gasteiger partial charge is 0.481 e. The SMILES string of the molecule is COc1ccc(-c2[nH]n3c(=O)c(-c4ccc5ncccc5c4)c(C)nc3c2-c2ccccc2)cn1. The number of aromatic amines is 1. The van der Waals surface area contributed by atoms with Crippen LogP contribution < -0.4 is 10.3 Å². The predicted molar refractivity (Wildman–Crippen MR) is 137 cm³/mol. The van der Waals surface area contributed by atoms with Crippen molar-refractivity contribution in [1.29, 1.82) is 0 Å². The third-order valence-electron chi connectivity index (χ3n) is 6.15. The number of H-pyrrole nitrogens is 1. The van der Waals surface area contributed by atoms with Crippen molar-refractivity contribution in [2.45, 2.75) is 6.92 Å². The fourth-order valence-electron chi connectivity index (χ4n) is 4.48. The molecule has 7 heteroatoms. The number of rotatable bonds is 4. The lowest BCUT2D eigenvalue weighted by Crippen LogP contribution is -2.19. The standard InChI is InChI=1S/C28H21N5O2/c1-17-24(20-10-12-22-19(15-20)9-6-14-29-22)28(34)33-27(31-17)25(18-7-4-3-5-8-18)26(32-33)21-11-13-23(35-2)30-16-21/h3-16,32H,1-2H3. The topological polar surface area (TPSA) is 85.2 Å². The molecule has 2 aromatic carbocycles. The summed E-state index contributed by atoms with van der Waals surface area (Å²) in [5.41, 5.74) is 6.67. The van der Waals surface area contributed by atoms with Gasteiger partial charge in [0.15, 0.2) is 5.65 Å². The van der Waals surface area contributed by atoms with Crippen LogP contribution in [0.2, 0.25) is 0 Å². The highest BCUT2D eigenvalue weighted by molar-refractivity contribution is 5.91. The van der Waals surface area contributed by atoms with E-state index in [2.05, 4.69) is 15.1 Å². The molecule has 6 rings (SSSR count). The van der Waals surface area contributed by atoms with Gasteiger partial charge in [0.1, 0.15) is 0 Å². The molecule has 0 saturated heterocycles. The Morgan fingerprint density at radius 1 is 0.857 bits per heavy atom. The number of ether oxygens (including phenoxy) is 1. The number of hydrogen-bond donors (Lipinski definition) is 1. The number of hydrogen-bond acceptors (Lipinski definition) is 5. The van der Waals surface area contributed by atoms with Crippen LogP contribution in [0.3, 0.4) is 0 Å². The fourth-order valence-corrected chi connectivity index (χ4v) is 4.48. The maximum Gasteiger partial charge on any atom is 0.280 e. The quantitative estimate of drug-likeness (QED) is 0.387. The molecular weight excluding hydrogens is 438 g/mol. The highest BCUT2D eigenvalue weighted by Gasteiger charge is 2.21. The fraction of sp³-hybridized carbons (Fsp3) is 0.0714. The van der Waals surface area contributed by atoms with Crippen LogP contribution in [0.25, 0.3) is 50.1 Å². The van der Waals surface area contributed by atoms with Crippen LogP contribution in [0.15, 0.2) is 90.0 Å². The minimum atomic E-state index is -0.166. The summed E-state index contributed by atoms with van der Waals surface area (Å²) in [6.07, 6.45) is 3.49. The number of pyridine rings is 2. The normalized spacial score (nSPS) is 11.3. The summed E-state index contributed by atoms with van der Waals surface area (Å²) in [6, 6.07) is 23.3. The summed E-state index contributed by atoms with van der Waals surface area (Å²) in [5, 5.41) is 4.28. The van der Waals surface area contributed by atoms with Gasteiger partial charge in [-0.15, -0.1) is 0 Å². The smallest absolute Gasteiger partial charge is 0.280 e. The molecule has 0 fully saturated rings. The number of benzene rings is 2. The lowest BCUT2D eigenvalue weighted by atomic mass is 10.0. The van der Waals surface area contributed by atoms with E-state index in [9.17, 15) is 4.79 Å². The molecule has 4 heterocycles. The van der Waals surface area contributed by atoms with Crippen molar-refractivity contribution in [2.24, 2.45) is 0 Å². The van der Waals surface area contributed by atoms with Crippen LogP contribution in [-0.4, -0.2) is 31.7 Å². The van der Waals surface area contributed by atoms with E-state index in [1.165, 1.54) is 4.52 Å². The molecule has 0 bridgehead atoms. The molecule has 0 atom stereocenters. The summed E-state index contributed by atoms with van der Waals surface area (Å²) in [7, 11) is 1.58. The van der Waals surface area contributed by atoms with E-state index < -0.39 is 0 Å². The summed E-state index contributed by atoms with van der Waals surface area (Å²) < 4.78 is 6.74. The van der Waals surface area contributed by atoms with Gasteiger partial charge in [0.05, 0.1) is 35.1 Å². The minimum Gasteiger partial charge on any atom is -0.481 e. The Kier molecular flexibility index (Phi) is 4.88. The van der Waals surface area contributed by atoms with Crippen LogP contribution >= 0.6 is 0 Å². The van der Waals surface area contributed by atoms with Gasteiger partial charge < -0.3 is 4.74 Å². The minimum absolute atomic E-state index is 0.166. The molecule has 4 aromatic heterocycles. The van der Waals surface area contributed by atoms with Crippen molar-refractivity contribution >= 4 is 16.6 Å². The molecule has 35 heavy (non-hydrogen) atoms. The van der Waals surface area contributed by atoms with Gasteiger partial charge in [0, 0.05) is 29.4 Å². The zero-order chi connectivity index (χ0) is 23.9. The van der Waals surface area contributed by atoms with Gasteiger partial charge in [-0.25, -0.2) is 9.97 Å². The maximum absolute atomic E-state index is 13.9. The van der Waals surface area contributed by atoms with E-state index >= 15 is 0 Å². The van der Waals surface area contributed by atoms with E-state index in [1.807, 2.05) is 73.7 Å². The lowest BCUT2D eigenvalue weighted by molar-refractivity contribution is 0.398. The number of fused-ring (bicyclic) bond motifs is 2. The Labute approximate surface area is 200 Å². The molecule has 0 saturated carbocycles. The summed E-state index contributed by atoms with van der Waals surface area (Å²) in [6.45, 7) is 1.88. The molecule has 1 N–H and O–H groups in total. The van der Waals surface area contributed by atoms with Crippen LogP contribution in [0.4, 0.5) is 0 Å². The second kappa shape index (κ2) is 8.22. The van der Waals surface area contributed by atoms with E-state index in [-0.39, 0.29) is 5.56 Å². The highest BCUT2D eigenvalue weighted by atomic mass is 16.5. The second-order valence-corrected chi connectivity index (χ2v) is 8.26. The number of nitrogens with one attached hydrogen (secondary N) is 1. The lowest BCUT2D eigenvalue weighted by Gasteiger charge is -2.08. The average Bonchev–Trinajstić information content (AvgIpc) is 3.28. The van der Waals surface area contributed by atoms with Gasteiger partial charge in [-0.05, 0) is 42.3 Å². The van der Waals surface area contributed by atoms with Crippen LogP contribution in [0, 0.1) is 6.92 Å². The summed E-state index contributed by atoms with van der Waals surface area (Å²) in [5.74, 6) is 0.519. The number of aromatic nitrogens is 5. The second-order valence-electron chi connectivity index (χ2n) is 8.26. The van der Waals surface area contributed by atoms with Crippen molar-refractivity contribution in [1.82, 2.24) is 24.6 Å². The molecule has 0 aliphatic heterocycles. The summed E-state index contributed by atoms with van der Waals surface area (Å²) in [4.78, 5) is 27.5. The first-order valence-electron chi connectivity index (χ1n) is 11.2. The predicted octanol–water partition coefficient (Wildman–Crippen LogP) is 5.28. The molecule has 6 aromatic rings. The Bertz CT molecular complexity index is 1750. The average molecular weight is 460 g/mol. The Hall–Kier alpha value is -4.78. The number of nitrogens with zero attached hydrogens (tertiary/aromatic N) is 4. The number of methoxy groups -OCH3 is 1. The first-order chi connectivity index (χ1) is 17.1. The third-order valence-corrected chi connectivity index (χ3v) is 6.15. The van der Waals surface area contributed by atoms with Gasteiger partial charge in [-0.3, -0.25) is 14.9 Å². The molecule has 0 amide bonds. The van der Waals surface area contributed by atoms with Gasteiger partial charge in [0.25, 0.3) is 5.56 Å². The molecule has 0 aliphatic carbocycles. The van der Waals surface area contributed by atoms with Crippen molar-refractivity contribution in [3.8, 4) is 39.4 Å². The van der Waals surface area contributed by atoms with Gasteiger partial charge >= 0.3 is 0 Å². The molecule has 0 aliphatic rings. The molecular formula is C28H21N5O2. The van der Waals surface area contributed by atoms with E-state index in [1.54, 1.807) is 25.6 Å². The first kappa shape index (κ1) is 20.8. The van der Waals surface area contributed by atoms with Crippen molar-refractivity contribution in [3.63, 3.8) is 0 Å². The monoisotopic (exact) mass is 459 g/mol. The van der Waals surface area contributed by atoms with Gasteiger partial charge in [0.2, 0.25) is 5.88 Å². The van der Waals surface area contributed by atoms with Crippen molar-refractivity contribution in [2.75, 3.05) is 7.11 Å².